The molecule has 0 atom stereocenters. The van der Waals surface area contributed by atoms with Gasteiger partial charge in [0.05, 0.1) is 16.1 Å². The van der Waals surface area contributed by atoms with Crippen molar-refractivity contribution in [2.24, 2.45) is 23.2 Å². The van der Waals surface area contributed by atoms with E-state index in [1.807, 2.05) is 25.1 Å². The molecule has 1 aromatic rings. The summed E-state index contributed by atoms with van der Waals surface area (Å²) in [4.78, 5) is 12.9. The summed E-state index contributed by atoms with van der Waals surface area (Å²) in [5, 5.41) is 3.77. The third kappa shape index (κ3) is 2.28. The summed E-state index contributed by atoms with van der Waals surface area (Å²) in [6.07, 6.45) is 7.35. The zero-order valence-corrected chi connectivity index (χ0v) is 13.2. The van der Waals surface area contributed by atoms with Gasteiger partial charge in [-0.2, -0.15) is 0 Å². The third-order valence-electron chi connectivity index (χ3n) is 5.89. The minimum absolute atomic E-state index is 0.108. The largest absolute Gasteiger partial charge is 0.324 e. The van der Waals surface area contributed by atoms with E-state index in [2.05, 4.69) is 5.32 Å². The van der Waals surface area contributed by atoms with Crippen LogP contribution in [0, 0.1) is 30.1 Å². The second kappa shape index (κ2) is 4.74. The van der Waals surface area contributed by atoms with Gasteiger partial charge < -0.3 is 5.32 Å². The Morgan fingerprint density at radius 3 is 2.24 bits per heavy atom. The van der Waals surface area contributed by atoms with E-state index < -0.39 is 0 Å². The van der Waals surface area contributed by atoms with E-state index in [9.17, 15) is 4.79 Å². The molecule has 5 rings (SSSR count). The number of hydrogen-bond donors (Lipinski definition) is 1. The molecule has 3 heteroatoms. The molecule has 4 saturated carbocycles. The van der Waals surface area contributed by atoms with Crippen LogP contribution in [0.15, 0.2) is 18.2 Å². The molecule has 0 aromatic heterocycles. The summed E-state index contributed by atoms with van der Waals surface area (Å²) in [5.41, 5.74) is 1.78. The molecule has 0 saturated heterocycles. The Morgan fingerprint density at radius 2 is 1.71 bits per heavy atom. The van der Waals surface area contributed by atoms with Crippen LogP contribution in [0.5, 0.6) is 0 Å². The maximum absolute atomic E-state index is 12.9. The van der Waals surface area contributed by atoms with Gasteiger partial charge in [0.25, 0.3) is 0 Å². The average molecular weight is 304 g/mol. The molecular weight excluding hydrogens is 282 g/mol. The van der Waals surface area contributed by atoms with Crippen molar-refractivity contribution in [1.29, 1.82) is 0 Å². The highest BCUT2D eigenvalue weighted by molar-refractivity contribution is 6.33. The molecule has 2 nitrogen and oxygen atoms in total. The molecule has 0 heterocycles. The highest BCUT2D eigenvalue weighted by Gasteiger charge is 2.54. The van der Waals surface area contributed by atoms with Gasteiger partial charge in [0.15, 0.2) is 0 Å². The van der Waals surface area contributed by atoms with Gasteiger partial charge in [-0.3, -0.25) is 4.79 Å². The number of amides is 1. The van der Waals surface area contributed by atoms with Crippen LogP contribution in [0.1, 0.15) is 44.1 Å². The van der Waals surface area contributed by atoms with E-state index in [0.717, 1.165) is 48.3 Å². The van der Waals surface area contributed by atoms with Crippen LogP contribution in [0.3, 0.4) is 0 Å². The van der Waals surface area contributed by atoms with Crippen molar-refractivity contribution in [3.8, 4) is 0 Å². The molecule has 1 aromatic carbocycles. The lowest BCUT2D eigenvalue weighted by molar-refractivity contribution is -0.140. The lowest BCUT2D eigenvalue weighted by Gasteiger charge is -2.55. The quantitative estimate of drug-likeness (QED) is 0.835. The number of carbonyl (C=O) groups excluding carboxylic acids is 1. The number of benzene rings is 1. The van der Waals surface area contributed by atoms with Gasteiger partial charge in [-0.1, -0.05) is 17.7 Å². The second-order valence-corrected chi connectivity index (χ2v) is 8.04. The Kier molecular flexibility index (Phi) is 3.08. The Labute approximate surface area is 131 Å². The zero-order chi connectivity index (χ0) is 14.6. The predicted octanol–water partition coefficient (Wildman–Crippen LogP) is 4.80. The minimum Gasteiger partial charge on any atom is -0.324 e. The van der Waals surface area contributed by atoms with Crippen LogP contribution >= 0.6 is 11.6 Å². The number of anilines is 1. The smallest absolute Gasteiger partial charge is 0.230 e. The van der Waals surface area contributed by atoms with E-state index in [1.165, 1.54) is 19.3 Å². The van der Waals surface area contributed by atoms with Crippen LogP contribution in [0.2, 0.25) is 5.02 Å². The average Bonchev–Trinajstić information content (AvgIpc) is 2.40. The normalized spacial score (nSPS) is 36.8. The lowest BCUT2D eigenvalue weighted by Crippen LogP contribution is -2.51. The SMILES string of the molecule is Cc1ccc(NC(=O)C23CC4CC(CC(C4)C2)C3)c(Cl)c1. The number of rotatable bonds is 2. The van der Waals surface area contributed by atoms with Crippen LogP contribution in [-0.4, -0.2) is 5.91 Å². The van der Waals surface area contributed by atoms with Crippen LogP contribution < -0.4 is 5.32 Å². The monoisotopic (exact) mass is 303 g/mol. The lowest BCUT2D eigenvalue weighted by atomic mass is 9.49. The van der Waals surface area contributed by atoms with Crippen LogP contribution in [0.25, 0.3) is 0 Å². The summed E-state index contributed by atoms with van der Waals surface area (Å²) >= 11 is 6.27. The Balaban J connectivity index is 1.57. The molecule has 1 amide bonds. The molecule has 0 aliphatic heterocycles. The summed E-state index contributed by atoms with van der Waals surface area (Å²) < 4.78 is 0. The van der Waals surface area contributed by atoms with E-state index >= 15 is 0 Å². The van der Waals surface area contributed by atoms with E-state index in [-0.39, 0.29) is 11.3 Å². The maximum atomic E-state index is 12.9. The molecule has 1 N–H and O–H groups in total. The first-order valence-corrected chi connectivity index (χ1v) is 8.49. The van der Waals surface area contributed by atoms with E-state index in [1.54, 1.807) is 0 Å². The fourth-order valence-corrected chi connectivity index (χ4v) is 5.65. The van der Waals surface area contributed by atoms with Crippen molar-refractivity contribution < 1.29 is 4.79 Å². The fourth-order valence-electron chi connectivity index (χ4n) is 5.37. The van der Waals surface area contributed by atoms with E-state index in [4.69, 9.17) is 11.6 Å². The number of halogens is 1. The highest BCUT2D eigenvalue weighted by atomic mass is 35.5. The van der Waals surface area contributed by atoms with Crippen molar-refractivity contribution in [2.45, 2.75) is 45.4 Å². The molecule has 21 heavy (non-hydrogen) atoms. The number of aryl methyl sites for hydroxylation is 1. The topological polar surface area (TPSA) is 29.1 Å². The molecule has 4 aliphatic carbocycles. The van der Waals surface area contributed by atoms with Gasteiger partial charge >= 0.3 is 0 Å². The maximum Gasteiger partial charge on any atom is 0.230 e. The third-order valence-corrected chi connectivity index (χ3v) is 6.21. The first-order valence-electron chi connectivity index (χ1n) is 8.12. The summed E-state index contributed by atoms with van der Waals surface area (Å²) in [7, 11) is 0. The molecule has 4 fully saturated rings. The van der Waals surface area contributed by atoms with Crippen molar-refractivity contribution in [3.63, 3.8) is 0 Å². The predicted molar refractivity (Wildman–Crippen MR) is 85.4 cm³/mol. The van der Waals surface area contributed by atoms with Crippen molar-refractivity contribution in [2.75, 3.05) is 5.32 Å². The first-order chi connectivity index (χ1) is 10.0. The minimum atomic E-state index is -0.108. The van der Waals surface area contributed by atoms with Gasteiger partial charge in [-0.15, -0.1) is 0 Å². The van der Waals surface area contributed by atoms with Crippen molar-refractivity contribution >= 4 is 23.2 Å². The number of carbonyl (C=O) groups is 1. The standard InChI is InChI=1S/C18H22ClNO/c1-11-2-3-16(15(19)4-11)20-17(21)18-8-12-5-13(9-18)7-14(6-12)10-18/h2-4,12-14H,5-10H2,1H3,(H,20,21). The van der Waals surface area contributed by atoms with Gasteiger partial charge in [0.2, 0.25) is 5.91 Å². The first kappa shape index (κ1) is 13.6. The molecular formula is C18H22ClNO. The Bertz CT molecular complexity index is 560. The molecule has 4 aliphatic rings. The van der Waals surface area contributed by atoms with Gasteiger partial charge in [0, 0.05) is 0 Å². The Hall–Kier alpha value is -1.02. The molecule has 4 bridgehead atoms. The highest BCUT2D eigenvalue weighted by Crippen LogP contribution is 2.60. The molecule has 0 radical (unpaired) electrons. The van der Waals surface area contributed by atoms with Crippen LogP contribution in [0.4, 0.5) is 5.69 Å². The van der Waals surface area contributed by atoms with E-state index in [0.29, 0.717) is 5.02 Å². The van der Waals surface area contributed by atoms with Crippen molar-refractivity contribution in [1.82, 2.24) is 0 Å². The number of nitrogens with one attached hydrogen (secondary N) is 1. The summed E-state index contributed by atoms with van der Waals surface area (Å²) in [6.45, 7) is 2.01. The van der Waals surface area contributed by atoms with Crippen molar-refractivity contribution in [3.05, 3.63) is 28.8 Å². The number of hydrogen-bond acceptors (Lipinski definition) is 1. The van der Waals surface area contributed by atoms with Gasteiger partial charge in [0.1, 0.15) is 0 Å². The molecule has 112 valence electrons. The molecule has 0 unspecified atom stereocenters. The fraction of sp³-hybridized carbons (Fsp3) is 0.611. The summed E-state index contributed by atoms with van der Waals surface area (Å²) in [5.74, 6) is 2.58. The van der Waals surface area contributed by atoms with Gasteiger partial charge in [-0.05, 0) is 80.9 Å². The molecule has 0 spiro atoms. The summed E-state index contributed by atoms with van der Waals surface area (Å²) in [6, 6.07) is 5.84. The van der Waals surface area contributed by atoms with Crippen LogP contribution in [-0.2, 0) is 4.79 Å². The zero-order valence-electron chi connectivity index (χ0n) is 12.5. The second-order valence-electron chi connectivity index (χ2n) is 7.64. The van der Waals surface area contributed by atoms with Gasteiger partial charge in [-0.25, -0.2) is 0 Å². The Morgan fingerprint density at radius 1 is 1.14 bits per heavy atom.